The SMILES string of the molecule is CNCC1CCCN1C(C)c1ccccc1O. The quantitative estimate of drug-likeness (QED) is 0.838. The third-order valence-corrected chi connectivity index (χ3v) is 3.75. The molecule has 94 valence electrons. The van der Waals surface area contributed by atoms with Crippen molar-refractivity contribution in [1.82, 2.24) is 10.2 Å². The number of para-hydroxylation sites is 1. The van der Waals surface area contributed by atoms with Crippen LogP contribution in [-0.2, 0) is 0 Å². The van der Waals surface area contributed by atoms with E-state index in [2.05, 4.69) is 17.1 Å². The highest BCUT2D eigenvalue weighted by atomic mass is 16.3. The van der Waals surface area contributed by atoms with Crippen LogP contribution < -0.4 is 5.32 Å². The first kappa shape index (κ1) is 12.4. The summed E-state index contributed by atoms with van der Waals surface area (Å²) >= 11 is 0. The summed E-state index contributed by atoms with van der Waals surface area (Å²) in [5.41, 5.74) is 1.04. The number of aromatic hydroxyl groups is 1. The fourth-order valence-electron chi connectivity index (χ4n) is 2.84. The van der Waals surface area contributed by atoms with Gasteiger partial charge in [-0.15, -0.1) is 0 Å². The van der Waals surface area contributed by atoms with Gasteiger partial charge in [0.05, 0.1) is 0 Å². The van der Waals surface area contributed by atoms with E-state index >= 15 is 0 Å². The molecule has 17 heavy (non-hydrogen) atoms. The predicted octanol–water partition coefficient (Wildman–Crippen LogP) is 2.14. The minimum atomic E-state index is 0.289. The van der Waals surface area contributed by atoms with Gasteiger partial charge in [-0.2, -0.15) is 0 Å². The van der Waals surface area contributed by atoms with Gasteiger partial charge >= 0.3 is 0 Å². The van der Waals surface area contributed by atoms with Gasteiger partial charge in [-0.25, -0.2) is 0 Å². The van der Waals surface area contributed by atoms with Crippen molar-refractivity contribution in [3.8, 4) is 5.75 Å². The minimum absolute atomic E-state index is 0.289. The Morgan fingerprint density at radius 1 is 1.47 bits per heavy atom. The maximum absolute atomic E-state index is 9.92. The third kappa shape index (κ3) is 2.61. The van der Waals surface area contributed by atoms with Gasteiger partial charge < -0.3 is 10.4 Å². The largest absolute Gasteiger partial charge is 0.508 e. The van der Waals surface area contributed by atoms with Crippen molar-refractivity contribution < 1.29 is 5.11 Å². The van der Waals surface area contributed by atoms with E-state index in [0.717, 1.165) is 18.7 Å². The lowest BCUT2D eigenvalue weighted by Gasteiger charge is -2.31. The van der Waals surface area contributed by atoms with Gasteiger partial charge in [0, 0.05) is 24.2 Å². The second kappa shape index (κ2) is 5.52. The average molecular weight is 234 g/mol. The molecule has 0 aromatic heterocycles. The van der Waals surface area contributed by atoms with E-state index in [9.17, 15) is 5.11 Å². The van der Waals surface area contributed by atoms with E-state index < -0.39 is 0 Å². The number of rotatable bonds is 4. The fraction of sp³-hybridized carbons (Fsp3) is 0.571. The zero-order valence-corrected chi connectivity index (χ0v) is 10.7. The molecule has 1 fully saturated rings. The molecular weight excluding hydrogens is 212 g/mol. The first-order chi connectivity index (χ1) is 8.24. The lowest BCUT2D eigenvalue weighted by molar-refractivity contribution is 0.188. The first-order valence-corrected chi connectivity index (χ1v) is 6.42. The van der Waals surface area contributed by atoms with Gasteiger partial charge in [0.2, 0.25) is 0 Å². The van der Waals surface area contributed by atoms with E-state index in [4.69, 9.17) is 0 Å². The fourth-order valence-corrected chi connectivity index (χ4v) is 2.84. The molecule has 2 rings (SSSR count). The van der Waals surface area contributed by atoms with Crippen LogP contribution in [0, 0.1) is 0 Å². The Morgan fingerprint density at radius 2 is 2.24 bits per heavy atom. The van der Waals surface area contributed by atoms with Gasteiger partial charge in [0.15, 0.2) is 0 Å². The summed E-state index contributed by atoms with van der Waals surface area (Å²) in [4.78, 5) is 2.49. The predicted molar refractivity (Wildman–Crippen MR) is 70.2 cm³/mol. The van der Waals surface area contributed by atoms with Crippen molar-refractivity contribution in [1.29, 1.82) is 0 Å². The van der Waals surface area contributed by atoms with E-state index in [1.165, 1.54) is 12.8 Å². The van der Waals surface area contributed by atoms with Crippen LogP contribution in [0.5, 0.6) is 5.75 Å². The molecule has 1 aliphatic heterocycles. The Morgan fingerprint density at radius 3 is 2.94 bits per heavy atom. The molecule has 0 aliphatic carbocycles. The van der Waals surface area contributed by atoms with Gasteiger partial charge in [-0.3, -0.25) is 4.90 Å². The molecule has 1 aromatic rings. The lowest BCUT2D eigenvalue weighted by Crippen LogP contribution is -2.38. The minimum Gasteiger partial charge on any atom is -0.508 e. The molecule has 0 radical (unpaired) electrons. The number of likely N-dealkylation sites (tertiary alicyclic amines) is 1. The highest BCUT2D eigenvalue weighted by molar-refractivity contribution is 5.34. The Kier molecular flexibility index (Phi) is 4.02. The van der Waals surface area contributed by atoms with Crippen LogP contribution in [0.2, 0.25) is 0 Å². The monoisotopic (exact) mass is 234 g/mol. The first-order valence-electron chi connectivity index (χ1n) is 6.42. The molecular formula is C14H22N2O. The molecule has 0 amide bonds. The highest BCUT2D eigenvalue weighted by Gasteiger charge is 2.29. The van der Waals surface area contributed by atoms with Crippen molar-refractivity contribution in [2.75, 3.05) is 20.1 Å². The third-order valence-electron chi connectivity index (χ3n) is 3.75. The number of nitrogens with zero attached hydrogens (tertiary/aromatic N) is 1. The van der Waals surface area contributed by atoms with Gasteiger partial charge in [-0.1, -0.05) is 18.2 Å². The number of nitrogens with one attached hydrogen (secondary N) is 1. The second-order valence-corrected chi connectivity index (χ2v) is 4.83. The van der Waals surface area contributed by atoms with E-state index in [-0.39, 0.29) is 6.04 Å². The maximum atomic E-state index is 9.92. The van der Waals surface area contributed by atoms with Gasteiger partial charge in [-0.05, 0) is 39.4 Å². The molecule has 3 nitrogen and oxygen atoms in total. The van der Waals surface area contributed by atoms with E-state index in [0.29, 0.717) is 11.8 Å². The van der Waals surface area contributed by atoms with Gasteiger partial charge in [0.25, 0.3) is 0 Å². The zero-order chi connectivity index (χ0) is 12.3. The number of phenols is 1. The smallest absolute Gasteiger partial charge is 0.120 e. The molecule has 0 saturated carbocycles. The summed E-state index contributed by atoms with van der Waals surface area (Å²) in [7, 11) is 2.00. The zero-order valence-electron chi connectivity index (χ0n) is 10.7. The van der Waals surface area contributed by atoms with Crippen LogP contribution in [-0.4, -0.2) is 36.2 Å². The van der Waals surface area contributed by atoms with Crippen LogP contribution in [0.4, 0.5) is 0 Å². The highest BCUT2D eigenvalue weighted by Crippen LogP contribution is 2.32. The number of benzene rings is 1. The van der Waals surface area contributed by atoms with Crippen LogP contribution in [0.15, 0.2) is 24.3 Å². The second-order valence-electron chi connectivity index (χ2n) is 4.83. The topological polar surface area (TPSA) is 35.5 Å². The summed E-state index contributed by atoms with van der Waals surface area (Å²) in [5, 5.41) is 13.2. The van der Waals surface area contributed by atoms with Crippen LogP contribution in [0.1, 0.15) is 31.4 Å². The summed E-state index contributed by atoms with van der Waals surface area (Å²) in [6.45, 7) is 4.34. The van der Waals surface area contributed by atoms with Crippen molar-refractivity contribution >= 4 is 0 Å². The van der Waals surface area contributed by atoms with Crippen LogP contribution in [0.25, 0.3) is 0 Å². The Bertz CT molecular complexity index is 367. The molecule has 1 aliphatic rings. The summed E-state index contributed by atoms with van der Waals surface area (Å²) in [6.07, 6.45) is 2.50. The Hall–Kier alpha value is -1.06. The van der Waals surface area contributed by atoms with Crippen molar-refractivity contribution in [3.63, 3.8) is 0 Å². The maximum Gasteiger partial charge on any atom is 0.120 e. The van der Waals surface area contributed by atoms with Gasteiger partial charge in [0.1, 0.15) is 5.75 Å². The van der Waals surface area contributed by atoms with Crippen molar-refractivity contribution in [3.05, 3.63) is 29.8 Å². The normalized spacial score (nSPS) is 22.8. The number of hydrogen-bond acceptors (Lipinski definition) is 3. The summed E-state index contributed by atoms with van der Waals surface area (Å²) in [6, 6.07) is 8.55. The number of phenolic OH excluding ortho intramolecular Hbond substituents is 1. The average Bonchev–Trinajstić information content (AvgIpc) is 2.78. The molecule has 0 bridgehead atoms. The molecule has 2 unspecified atom stereocenters. The van der Waals surface area contributed by atoms with Crippen LogP contribution in [0.3, 0.4) is 0 Å². The van der Waals surface area contributed by atoms with E-state index in [1.54, 1.807) is 6.07 Å². The molecule has 2 atom stereocenters. The van der Waals surface area contributed by atoms with E-state index in [1.807, 2.05) is 25.2 Å². The summed E-state index contributed by atoms with van der Waals surface area (Å²) < 4.78 is 0. The van der Waals surface area contributed by atoms with Crippen LogP contribution >= 0.6 is 0 Å². The van der Waals surface area contributed by atoms with Crippen molar-refractivity contribution in [2.45, 2.75) is 31.8 Å². The molecule has 1 heterocycles. The standard InChI is InChI=1S/C14H22N2O/c1-11(13-7-3-4-8-14(13)17)16-9-5-6-12(16)10-15-2/h3-4,7-8,11-12,15,17H,5-6,9-10H2,1-2H3. The Balaban J connectivity index is 2.14. The lowest BCUT2D eigenvalue weighted by atomic mass is 10.0. The molecule has 1 saturated heterocycles. The molecule has 0 spiro atoms. The molecule has 2 N–H and O–H groups in total. The number of likely N-dealkylation sites (N-methyl/N-ethyl adjacent to an activating group) is 1. The Labute approximate surface area is 103 Å². The molecule has 1 aromatic carbocycles. The summed E-state index contributed by atoms with van der Waals surface area (Å²) in [5.74, 6) is 0.412. The number of hydrogen-bond donors (Lipinski definition) is 2. The molecule has 3 heteroatoms. The van der Waals surface area contributed by atoms with Crippen molar-refractivity contribution in [2.24, 2.45) is 0 Å².